The fourth-order valence-electron chi connectivity index (χ4n) is 1.72. The van der Waals surface area contributed by atoms with Crippen LogP contribution in [0.15, 0.2) is 42.5 Å². The Morgan fingerprint density at radius 2 is 1.76 bits per heavy atom. The maximum atomic E-state index is 12.0. The SMILES string of the molecule is Cc1ccc(NCc2ccc(OC(F)(F)F)cc2)cc1I. The van der Waals surface area contributed by atoms with Crippen LogP contribution in [0.25, 0.3) is 0 Å². The van der Waals surface area contributed by atoms with E-state index < -0.39 is 6.36 Å². The largest absolute Gasteiger partial charge is 0.573 e. The monoisotopic (exact) mass is 407 g/mol. The highest BCUT2D eigenvalue weighted by Crippen LogP contribution is 2.23. The quantitative estimate of drug-likeness (QED) is 0.712. The van der Waals surface area contributed by atoms with Gasteiger partial charge in [0.15, 0.2) is 0 Å². The first-order valence-corrected chi connectivity index (χ1v) is 7.26. The van der Waals surface area contributed by atoms with Crippen LogP contribution < -0.4 is 10.1 Å². The van der Waals surface area contributed by atoms with Gasteiger partial charge in [-0.15, -0.1) is 13.2 Å². The molecule has 21 heavy (non-hydrogen) atoms. The first kappa shape index (κ1) is 15.9. The molecule has 0 aromatic heterocycles. The van der Waals surface area contributed by atoms with E-state index >= 15 is 0 Å². The lowest BCUT2D eigenvalue weighted by Gasteiger charge is -2.10. The molecule has 2 rings (SSSR count). The van der Waals surface area contributed by atoms with Crippen LogP contribution >= 0.6 is 22.6 Å². The Kier molecular flexibility index (Phi) is 4.97. The maximum Gasteiger partial charge on any atom is 0.573 e. The molecule has 0 saturated carbocycles. The van der Waals surface area contributed by atoms with Crippen molar-refractivity contribution in [1.82, 2.24) is 0 Å². The van der Waals surface area contributed by atoms with Crippen molar-refractivity contribution in [3.8, 4) is 5.75 Å². The summed E-state index contributed by atoms with van der Waals surface area (Å²) in [6.45, 7) is 2.57. The van der Waals surface area contributed by atoms with E-state index in [-0.39, 0.29) is 5.75 Å². The van der Waals surface area contributed by atoms with Gasteiger partial charge in [0, 0.05) is 15.8 Å². The molecule has 0 atom stereocenters. The van der Waals surface area contributed by atoms with Crippen LogP contribution in [0.4, 0.5) is 18.9 Å². The molecule has 2 aromatic carbocycles. The molecule has 112 valence electrons. The van der Waals surface area contributed by atoms with E-state index in [1.165, 1.54) is 17.7 Å². The van der Waals surface area contributed by atoms with E-state index in [2.05, 4.69) is 32.6 Å². The number of anilines is 1. The zero-order valence-electron chi connectivity index (χ0n) is 11.2. The first-order valence-electron chi connectivity index (χ1n) is 6.18. The fourth-order valence-corrected chi connectivity index (χ4v) is 2.23. The third kappa shape index (κ3) is 5.11. The topological polar surface area (TPSA) is 21.3 Å². The number of hydrogen-bond donors (Lipinski definition) is 1. The molecule has 0 fully saturated rings. The van der Waals surface area contributed by atoms with Crippen LogP contribution in [-0.4, -0.2) is 6.36 Å². The van der Waals surface area contributed by atoms with Gasteiger partial charge < -0.3 is 10.1 Å². The first-order chi connectivity index (χ1) is 9.83. The van der Waals surface area contributed by atoms with Crippen molar-refractivity contribution in [3.05, 3.63) is 57.2 Å². The summed E-state index contributed by atoms with van der Waals surface area (Å²) in [4.78, 5) is 0. The van der Waals surface area contributed by atoms with Gasteiger partial charge in [0.05, 0.1) is 0 Å². The molecule has 0 bridgehead atoms. The second-order valence-corrected chi connectivity index (χ2v) is 5.67. The molecule has 0 saturated heterocycles. The van der Waals surface area contributed by atoms with Crippen molar-refractivity contribution in [3.63, 3.8) is 0 Å². The lowest BCUT2D eigenvalue weighted by Crippen LogP contribution is -2.17. The lowest BCUT2D eigenvalue weighted by atomic mass is 10.2. The smallest absolute Gasteiger partial charge is 0.406 e. The fraction of sp³-hybridized carbons (Fsp3) is 0.200. The summed E-state index contributed by atoms with van der Waals surface area (Å²) >= 11 is 2.26. The van der Waals surface area contributed by atoms with Crippen molar-refractivity contribution >= 4 is 28.3 Å². The van der Waals surface area contributed by atoms with Gasteiger partial charge in [0.25, 0.3) is 0 Å². The normalized spacial score (nSPS) is 11.3. The molecule has 2 aromatic rings. The second-order valence-electron chi connectivity index (χ2n) is 4.51. The van der Waals surface area contributed by atoms with Gasteiger partial charge in [-0.1, -0.05) is 18.2 Å². The number of hydrogen-bond acceptors (Lipinski definition) is 2. The summed E-state index contributed by atoms with van der Waals surface area (Å²) in [6, 6.07) is 11.8. The van der Waals surface area contributed by atoms with Crippen molar-refractivity contribution in [1.29, 1.82) is 0 Å². The predicted octanol–water partition coefficient (Wildman–Crippen LogP) is 5.11. The van der Waals surface area contributed by atoms with Gasteiger partial charge in [-0.3, -0.25) is 0 Å². The molecule has 2 nitrogen and oxygen atoms in total. The van der Waals surface area contributed by atoms with Gasteiger partial charge in [-0.25, -0.2) is 0 Å². The number of aryl methyl sites for hydroxylation is 1. The highest BCUT2D eigenvalue weighted by atomic mass is 127. The molecule has 0 spiro atoms. The molecule has 6 heteroatoms. The van der Waals surface area contributed by atoms with Crippen molar-refractivity contribution < 1.29 is 17.9 Å². The second kappa shape index (κ2) is 6.55. The molecular weight excluding hydrogens is 394 g/mol. The highest BCUT2D eigenvalue weighted by molar-refractivity contribution is 14.1. The van der Waals surface area contributed by atoms with Crippen LogP contribution in [0, 0.1) is 10.5 Å². The zero-order chi connectivity index (χ0) is 15.5. The maximum absolute atomic E-state index is 12.0. The molecule has 0 aliphatic rings. The Morgan fingerprint density at radius 3 is 2.33 bits per heavy atom. The summed E-state index contributed by atoms with van der Waals surface area (Å²) in [6.07, 6.45) is -4.65. The molecule has 0 radical (unpaired) electrons. The Bertz CT molecular complexity index is 611. The van der Waals surface area contributed by atoms with Gasteiger partial charge in [0.1, 0.15) is 5.75 Å². The molecular formula is C15H13F3INO. The third-order valence-electron chi connectivity index (χ3n) is 2.83. The number of nitrogens with one attached hydrogen (secondary N) is 1. The summed E-state index contributed by atoms with van der Waals surface area (Å²) in [7, 11) is 0. The van der Waals surface area contributed by atoms with E-state index in [9.17, 15) is 13.2 Å². The number of rotatable bonds is 4. The Balaban J connectivity index is 1.96. The minimum absolute atomic E-state index is 0.212. The van der Waals surface area contributed by atoms with Crippen molar-refractivity contribution in [2.75, 3.05) is 5.32 Å². The molecule has 0 amide bonds. The average Bonchev–Trinajstić information content (AvgIpc) is 2.40. The average molecular weight is 407 g/mol. The van der Waals surface area contributed by atoms with Gasteiger partial charge >= 0.3 is 6.36 Å². The van der Waals surface area contributed by atoms with Crippen LogP contribution in [0.3, 0.4) is 0 Å². The number of ether oxygens (including phenoxy) is 1. The molecule has 0 aliphatic carbocycles. The number of alkyl halides is 3. The number of benzene rings is 2. The summed E-state index contributed by atoms with van der Waals surface area (Å²) in [5, 5.41) is 3.23. The van der Waals surface area contributed by atoms with Crippen LogP contribution in [0.1, 0.15) is 11.1 Å². The number of halogens is 4. The van der Waals surface area contributed by atoms with E-state index in [4.69, 9.17) is 0 Å². The van der Waals surface area contributed by atoms with Crippen LogP contribution in [0.2, 0.25) is 0 Å². The van der Waals surface area contributed by atoms with Gasteiger partial charge in [-0.05, 0) is 64.9 Å². The third-order valence-corrected chi connectivity index (χ3v) is 3.99. The zero-order valence-corrected chi connectivity index (χ0v) is 13.3. The summed E-state index contributed by atoms with van der Waals surface area (Å²) in [5.74, 6) is -0.212. The summed E-state index contributed by atoms with van der Waals surface area (Å²) in [5.41, 5.74) is 3.05. The van der Waals surface area contributed by atoms with Crippen LogP contribution in [0.5, 0.6) is 5.75 Å². The minimum atomic E-state index is -4.65. The highest BCUT2D eigenvalue weighted by Gasteiger charge is 2.30. The summed E-state index contributed by atoms with van der Waals surface area (Å²) < 4.78 is 41.1. The van der Waals surface area contributed by atoms with E-state index in [1.54, 1.807) is 12.1 Å². The Morgan fingerprint density at radius 1 is 1.10 bits per heavy atom. The predicted molar refractivity (Wildman–Crippen MR) is 84.3 cm³/mol. The van der Waals surface area contributed by atoms with Crippen molar-refractivity contribution in [2.24, 2.45) is 0 Å². The standard InChI is InChI=1S/C15H13F3INO/c1-10-2-5-12(8-14(10)19)20-9-11-3-6-13(7-4-11)21-15(16,17)18/h2-8,20H,9H2,1H3. The molecule has 0 heterocycles. The van der Waals surface area contributed by atoms with Crippen molar-refractivity contribution in [2.45, 2.75) is 19.8 Å². The van der Waals surface area contributed by atoms with E-state index in [0.717, 1.165) is 14.8 Å². The molecule has 0 aliphatic heterocycles. The van der Waals surface area contributed by atoms with E-state index in [1.807, 2.05) is 25.1 Å². The molecule has 0 unspecified atom stereocenters. The molecule has 1 N–H and O–H groups in total. The van der Waals surface area contributed by atoms with E-state index in [0.29, 0.717) is 6.54 Å². The Labute approximate surface area is 134 Å². The van der Waals surface area contributed by atoms with Gasteiger partial charge in [-0.2, -0.15) is 0 Å². The Hall–Kier alpha value is -1.44. The van der Waals surface area contributed by atoms with Gasteiger partial charge in [0.2, 0.25) is 0 Å². The van der Waals surface area contributed by atoms with Crippen LogP contribution in [-0.2, 0) is 6.54 Å². The minimum Gasteiger partial charge on any atom is -0.406 e. The lowest BCUT2D eigenvalue weighted by molar-refractivity contribution is -0.274.